The van der Waals surface area contributed by atoms with E-state index in [9.17, 15) is 0 Å². The van der Waals surface area contributed by atoms with Crippen LogP contribution in [0.5, 0.6) is 0 Å². The summed E-state index contributed by atoms with van der Waals surface area (Å²) in [6, 6.07) is 0. The molecule has 0 aromatic carbocycles. The van der Waals surface area contributed by atoms with E-state index in [2.05, 4.69) is 19.8 Å². The molecule has 0 atom stereocenters. The van der Waals surface area contributed by atoms with E-state index in [0.29, 0.717) is 0 Å². The number of aryl methyl sites for hydroxylation is 1. The van der Waals surface area contributed by atoms with E-state index < -0.39 is 0 Å². The summed E-state index contributed by atoms with van der Waals surface area (Å²) in [6.07, 6.45) is 7.80. The average molecular weight is 222 g/mol. The Kier molecular flexibility index (Phi) is 4.36. The molecule has 16 heavy (non-hydrogen) atoms. The third-order valence-electron chi connectivity index (χ3n) is 3.25. The second-order valence-electron chi connectivity index (χ2n) is 4.57. The lowest BCUT2D eigenvalue weighted by Crippen LogP contribution is -2.25. The SMILES string of the molecule is Cn1cncc1CNCCCN1CCCC1. The maximum Gasteiger partial charge on any atom is 0.0945 e. The highest BCUT2D eigenvalue weighted by Gasteiger charge is 2.09. The van der Waals surface area contributed by atoms with Gasteiger partial charge in [-0.3, -0.25) is 0 Å². The fourth-order valence-electron chi connectivity index (χ4n) is 2.21. The van der Waals surface area contributed by atoms with Gasteiger partial charge in [-0.05, 0) is 45.4 Å². The lowest BCUT2D eigenvalue weighted by Gasteiger charge is -2.14. The molecule has 90 valence electrons. The van der Waals surface area contributed by atoms with Crippen LogP contribution in [0, 0.1) is 0 Å². The largest absolute Gasteiger partial charge is 0.337 e. The van der Waals surface area contributed by atoms with Crippen LogP contribution in [0.15, 0.2) is 12.5 Å². The summed E-state index contributed by atoms with van der Waals surface area (Å²) in [5, 5.41) is 3.47. The molecule has 0 spiro atoms. The van der Waals surface area contributed by atoms with Gasteiger partial charge in [-0.2, -0.15) is 0 Å². The summed E-state index contributed by atoms with van der Waals surface area (Å²) in [5.74, 6) is 0. The summed E-state index contributed by atoms with van der Waals surface area (Å²) in [7, 11) is 2.04. The summed E-state index contributed by atoms with van der Waals surface area (Å²) in [4.78, 5) is 6.66. The van der Waals surface area contributed by atoms with Crippen LogP contribution >= 0.6 is 0 Å². The second-order valence-corrected chi connectivity index (χ2v) is 4.57. The molecule has 1 aromatic rings. The normalized spacial score (nSPS) is 17.1. The summed E-state index contributed by atoms with van der Waals surface area (Å²) in [6.45, 7) is 5.89. The quantitative estimate of drug-likeness (QED) is 0.729. The summed E-state index contributed by atoms with van der Waals surface area (Å²) >= 11 is 0. The number of likely N-dealkylation sites (tertiary alicyclic amines) is 1. The minimum atomic E-state index is 0.927. The van der Waals surface area contributed by atoms with E-state index in [1.165, 1.54) is 44.6 Å². The Balaban J connectivity index is 1.53. The van der Waals surface area contributed by atoms with Crippen LogP contribution in [0.25, 0.3) is 0 Å². The van der Waals surface area contributed by atoms with Crippen molar-refractivity contribution in [1.82, 2.24) is 19.8 Å². The van der Waals surface area contributed by atoms with Gasteiger partial charge >= 0.3 is 0 Å². The van der Waals surface area contributed by atoms with Gasteiger partial charge in [-0.15, -0.1) is 0 Å². The van der Waals surface area contributed by atoms with Gasteiger partial charge < -0.3 is 14.8 Å². The molecule has 0 radical (unpaired) electrons. The first-order valence-corrected chi connectivity index (χ1v) is 6.24. The van der Waals surface area contributed by atoms with Gasteiger partial charge in [-0.25, -0.2) is 4.98 Å². The first-order chi connectivity index (χ1) is 7.86. The molecule has 0 saturated carbocycles. The van der Waals surface area contributed by atoms with Gasteiger partial charge in [0.1, 0.15) is 0 Å². The van der Waals surface area contributed by atoms with Crippen LogP contribution in [-0.4, -0.2) is 40.6 Å². The Morgan fingerprint density at radius 1 is 1.38 bits per heavy atom. The highest BCUT2D eigenvalue weighted by Crippen LogP contribution is 2.06. The molecule has 4 nitrogen and oxygen atoms in total. The second kappa shape index (κ2) is 6.01. The molecule has 2 heterocycles. The van der Waals surface area contributed by atoms with Gasteiger partial charge in [0.25, 0.3) is 0 Å². The maximum absolute atomic E-state index is 4.10. The van der Waals surface area contributed by atoms with Crippen molar-refractivity contribution in [1.29, 1.82) is 0 Å². The molecule has 1 aromatic heterocycles. The first kappa shape index (κ1) is 11.6. The summed E-state index contributed by atoms with van der Waals surface area (Å²) < 4.78 is 2.06. The van der Waals surface area contributed by atoms with Gasteiger partial charge in [0.2, 0.25) is 0 Å². The minimum absolute atomic E-state index is 0.927. The predicted molar refractivity (Wildman–Crippen MR) is 65.2 cm³/mol. The van der Waals surface area contributed by atoms with Crippen molar-refractivity contribution in [2.45, 2.75) is 25.8 Å². The highest BCUT2D eigenvalue weighted by molar-refractivity contribution is 4.96. The molecule has 1 N–H and O–H groups in total. The zero-order chi connectivity index (χ0) is 11.2. The molecule has 1 saturated heterocycles. The Bertz CT molecular complexity index is 302. The van der Waals surface area contributed by atoms with E-state index in [-0.39, 0.29) is 0 Å². The molecule has 2 rings (SSSR count). The van der Waals surface area contributed by atoms with Crippen molar-refractivity contribution < 1.29 is 0 Å². The van der Waals surface area contributed by atoms with Crippen LogP contribution in [0.2, 0.25) is 0 Å². The molecular formula is C12H22N4. The van der Waals surface area contributed by atoms with Crippen LogP contribution in [-0.2, 0) is 13.6 Å². The van der Waals surface area contributed by atoms with E-state index in [1.807, 2.05) is 19.6 Å². The van der Waals surface area contributed by atoms with Crippen molar-refractivity contribution in [2.75, 3.05) is 26.2 Å². The average Bonchev–Trinajstić information content (AvgIpc) is 2.90. The van der Waals surface area contributed by atoms with Crippen molar-refractivity contribution in [3.05, 3.63) is 18.2 Å². The van der Waals surface area contributed by atoms with Gasteiger partial charge in [0.05, 0.1) is 12.0 Å². The Labute approximate surface area is 97.7 Å². The van der Waals surface area contributed by atoms with Crippen LogP contribution in [0.3, 0.4) is 0 Å². The Morgan fingerprint density at radius 2 is 2.19 bits per heavy atom. The topological polar surface area (TPSA) is 33.1 Å². The highest BCUT2D eigenvalue weighted by atomic mass is 15.1. The van der Waals surface area contributed by atoms with Crippen LogP contribution < -0.4 is 5.32 Å². The molecule has 1 aliphatic heterocycles. The maximum atomic E-state index is 4.10. The Morgan fingerprint density at radius 3 is 2.88 bits per heavy atom. The van der Waals surface area contributed by atoms with E-state index >= 15 is 0 Å². The van der Waals surface area contributed by atoms with Crippen molar-refractivity contribution in [3.63, 3.8) is 0 Å². The van der Waals surface area contributed by atoms with Crippen LogP contribution in [0.4, 0.5) is 0 Å². The summed E-state index contributed by atoms with van der Waals surface area (Å²) in [5.41, 5.74) is 1.25. The molecule has 1 aliphatic rings. The molecule has 4 heteroatoms. The number of rotatable bonds is 6. The van der Waals surface area contributed by atoms with Gasteiger partial charge in [-0.1, -0.05) is 0 Å². The monoisotopic (exact) mass is 222 g/mol. The molecule has 0 aliphatic carbocycles. The fraction of sp³-hybridized carbons (Fsp3) is 0.750. The number of imidazole rings is 1. The van der Waals surface area contributed by atoms with E-state index in [4.69, 9.17) is 0 Å². The number of hydrogen-bond donors (Lipinski definition) is 1. The number of aromatic nitrogens is 2. The Hall–Kier alpha value is -0.870. The van der Waals surface area contributed by atoms with Crippen molar-refractivity contribution in [2.24, 2.45) is 7.05 Å². The molecule has 0 bridgehead atoms. The molecule has 1 fully saturated rings. The van der Waals surface area contributed by atoms with Crippen LogP contribution in [0.1, 0.15) is 25.0 Å². The van der Waals surface area contributed by atoms with E-state index in [0.717, 1.165) is 13.1 Å². The zero-order valence-corrected chi connectivity index (χ0v) is 10.2. The third-order valence-corrected chi connectivity index (χ3v) is 3.25. The van der Waals surface area contributed by atoms with E-state index in [1.54, 1.807) is 0 Å². The standard InChI is InChI=1S/C12H22N4/c1-15-11-14-10-12(15)9-13-5-4-8-16-6-2-3-7-16/h10-11,13H,2-9H2,1H3. The number of nitrogens with zero attached hydrogens (tertiary/aromatic N) is 3. The number of hydrogen-bond acceptors (Lipinski definition) is 3. The number of nitrogens with one attached hydrogen (secondary N) is 1. The zero-order valence-electron chi connectivity index (χ0n) is 10.2. The van der Waals surface area contributed by atoms with Crippen molar-refractivity contribution >= 4 is 0 Å². The molecule has 0 amide bonds. The van der Waals surface area contributed by atoms with Crippen molar-refractivity contribution in [3.8, 4) is 0 Å². The van der Waals surface area contributed by atoms with Gasteiger partial charge in [0.15, 0.2) is 0 Å². The lowest BCUT2D eigenvalue weighted by molar-refractivity contribution is 0.331. The molecular weight excluding hydrogens is 200 g/mol. The molecule has 0 unspecified atom stereocenters. The smallest absolute Gasteiger partial charge is 0.0945 e. The van der Waals surface area contributed by atoms with Gasteiger partial charge in [0, 0.05) is 19.8 Å². The first-order valence-electron chi connectivity index (χ1n) is 6.24. The lowest BCUT2D eigenvalue weighted by atomic mass is 10.3. The third kappa shape index (κ3) is 3.32. The predicted octanol–water partition coefficient (Wildman–Crippen LogP) is 0.996. The fourth-order valence-corrected chi connectivity index (χ4v) is 2.21. The minimum Gasteiger partial charge on any atom is -0.337 e.